The molecule has 0 aliphatic carbocycles. The summed E-state index contributed by atoms with van der Waals surface area (Å²) >= 11 is 4.58. The summed E-state index contributed by atoms with van der Waals surface area (Å²) in [6.45, 7) is 2.09. The van der Waals surface area contributed by atoms with Gasteiger partial charge in [-0.05, 0) is 19.1 Å². The number of amides is 1. The van der Waals surface area contributed by atoms with Crippen molar-refractivity contribution in [3.05, 3.63) is 29.3 Å². The predicted molar refractivity (Wildman–Crippen MR) is 69.4 cm³/mol. The highest BCUT2D eigenvalue weighted by molar-refractivity contribution is 7.80. The third-order valence-electron chi connectivity index (χ3n) is 2.16. The van der Waals surface area contributed by atoms with Crippen LogP contribution in [-0.2, 0) is 4.79 Å². The van der Waals surface area contributed by atoms with Crippen molar-refractivity contribution in [1.82, 2.24) is 5.32 Å². The number of likely N-dealkylation sites (N-methyl/N-ethyl adjacent to an activating group) is 1. The van der Waals surface area contributed by atoms with Crippen molar-refractivity contribution in [2.24, 2.45) is 5.73 Å². The van der Waals surface area contributed by atoms with Gasteiger partial charge in [-0.15, -0.1) is 0 Å². The van der Waals surface area contributed by atoms with Gasteiger partial charge in [0.1, 0.15) is 4.99 Å². The van der Waals surface area contributed by atoms with Gasteiger partial charge in [-0.3, -0.25) is 4.79 Å². The van der Waals surface area contributed by atoms with Crippen LogP contribution in [-0.4, -0.2) is 24.0 Å². The molecular formula is C11H13F2N3OS. The zero-order valence-electron chi connectivity index (χ0n) is 9.72. The van der Waals surface area contributed by atoms with Crippen LogP contribution in [0.2, 0.25) is 0 Å². The molecule has 0 saturated heterocycles. The van der Waals surface area contributed by atoms with E-state index in [1.807, 2.05) is 0 Å². The van der Waals surface area contributed by atoms with Crippen LogP contribution in [0.5, 0.6) is 0 Å². The van der Waals surface area contributed by atoms with E-state index < -0.39 is 11.6 Å². The minimum absolute atomic E-state index is 0.112. The van der Waals surface area contributed by atoms with Gasteiger partial charge in [-0.2, -0.15) is 0 Å². The van der Waals surface area contributed by atoms with E-state index in [0.29, 0.717) is 6.54 Å². The average molecular weight is 273 g/mol. The SMILES string of the molecule is CCNC(=O)CNc1ccc(C(N)=S)c(F)c1F. The van der Waals surface area contributed by atoms with E-state index in [1.54, 1.807) is 6.92 Å². The fraction of sp³-hybridized carbons (Fsp3) is 0.273. The summed E-state index contributed by atoms with van der Waals surface area (Å²) in [6.07, 6.45) is 0. The van der Waals surface area contributed by atoms with Crippen molar-refractivity contribution in [1.29, 1.82) is 0 Å². The number of benzene rings is 1. The van der Waals surface area contributed by atoms with Crippen molar-refractivity contribution in [3.63, 3.8) is 0 Å². The topological polar surface area (TPSA) is 67.2 Å². The average Bonchev–Trinajstić information content (AvgIpc) is 2.31. The molecule has 4 N–H and O–H groups in total. The highest BCUT2D eigenvalue weighted by Crippen LogP contribution is 2.20. The largest absolute Gasteiger partial charge is 0.389 e. The normalized spacial score (nSPS) is 9.94. The number of thiocarbonyl (C=S) groups is 1. The molecule has 0 unspecified atom stereocenters. The number of hydrogen-bond donors (Lipinski definition) is 3. The summed E-state index contributed by atoms with van der Waals surface area (Å²) in [5, 5.41) is 5.01. The van der Waals surface area contributed by atoms with Crippen LogP contribution in [0.25, 0.3) is 0 Å². The lowest BCUT2D eigenvalue weighted by Crippen LogP contribution is -2.29. The van der Waals surface area contributed by atoms with E-state index >= 15 is 0 Å². The lowest BCUT2D eigenvalue weighted by molar-refractivity contribution is -0.119. The Bertz CT molecular complexity index is 480. The van der Waals surface area contributed by atoms with Gasteiger partial charge in [0, 0.05) is 12.1 Å². The van der Waals surface area contributed by atoms with Gasteiger partial charge in [0.15, 0.2) is 11.6 Å². The molecule has 0 aliphatic rings. The molecule has 0 bridgehead atoms. The molecule has 0 aromatic heterocycles. The Morgan fingerprint density at radius 3 is 2.61 bits per heavy atom. The van der Waals surface area contributed by atoms with Crippen LogP contribution in [0.1, 0.15) is 12.5 Å². The quantitative estimate of drug-likeness (QED) is 0.704. The molecular weight excluding hydrogens is 260 g/mol. The van der Waals surface area contributed by atoms with Crippen LogP contribution < -0.4 is 16.4 Å². The first kappa shape index (κ1) is 14.3. The molecule has 7 heteroatoms. The predicted octanol–water partition coefficient (Wildman–Crippen LogP) is 1.15. The number of halogens is 2. The van der Waals surface area contributed by atoms with E-state index in [2.05, 4.69) is 22.9 Å². The molecule has 0 heterocycles. The Kier molecular flexibility index (Phi) is 4.96. The third kappa shape index (κ3) is 3.36. The molecule has 98 valence electrons. The zero-order chi connectivity index (χ0) is 13.7. The van der Waals surface area contributed by atoms with E-state index in [4.69, 9.17) is 5.73 Å². The summed E-state index contributed by atoms with van der Waals surface area (Å²) in [5.41, 5.74) is 4.96. The summed E-state index contributed by atoms with van der Waals surface area (Å²) in [7, 11) is 0. The van der Waals surface area contributed by atoms with Crippen molar-refractivity contribution in [2.75, 3.05) is 18.4 Å². The number of carbonyl (C=O) groups excluding carboxylic acids is 1. The van der Waals surface area contributed by atoms with Gasteiger partial charge in [0.05, 0.1) is 12.2 Å². The number of nitrogens with two attached hydrogens (primary N) is 1. The summed E-state index contributed by atoms with van der Waals surface area (Å²) < 4.78 is 27.1. The molecule has 0 aliphatic heterocycles. The standard InChI is InChI=1S/C11H13F2N3OS/c1-2-15-8(17)5-16-7-4-3-6(11(14)18)9(12)10(7)13/h3-4,16H,2,5H2,1H3,(H2,14,18)(H,15,17). The van der Waals surface area contributed by atoms with Crippen LogP contribution in [0, 0.1) is 11.6 Å². The van der Waals surface area contributed by atoms with Gasteiger partial charge in [-0.25, -0.2) is 8.78 Å². The van der Waals surface area contributed by atoms with Gasteiger partial charge in [-0.1, -0.05) is 12.2 Å². The monoisotopic (exact) mass is 273 g/mol. The second kappa shape index (κ2) is 6.25. The molecule has 1 aromatic rings. The Labute approximate surface area is 109 Å². The molecule has 18 heavy (non-hydrogen) atoms. The Hall–Kier alpha value is -1.76. The maximum absolute atomic E-state index is 13.6. The van der Waals surface area contributed by atoms with Crippen LogP contribution in [0.15, 0.2) is 12.1 Å². The molecule has 0 spiro atoms. The molecule has 0 fully saturated rings. The Balaban J connectivity index is 2.83. The van der Waals surface area contributed by atoms with Crippen molar-refractivity contribution < 1.29 is 13.6 Å². The number of anilines is 1. The first-order valence-corrected chi connectivity index (χ1v) is 5.66. The second-order valence-electron chi connectivity index (χ2n) is 3.46. The van der Waals surface area contributed by atoms with Crippen LogP contribution in [0.4, 0.5) is 14.5 Å². The summed E-state index contributed by atoms with van der Waals surface area (Å²) in [6, 6.07) is 2.55. The maximum atomic E-state index is 13.6. The van der Waals surface area contributed by atoms with Gasteiger partial charge < -0.3 is 16.4 Å². The third-order valence-corrected chi connectivity index (χ3v) is 2.38. The van der Waals surface area contributed by atoms with Gasteiger partial charge >= 0.3 is 0 Å². The summed E-state index contributed by atoms with van der Waals surface area (Å²) in [5.74, 6) is -2.54. The fourth-order valence-electron chi connectivity index (χ4n) is 1.31. The molecule has 1 amide bonds. The van der Waals surface area contributed by atoms with Gasteiger partial charge in [0.25, 0.3) is 0 Å². The lowest BCUT2D eigenvalue weighted by Gasteiger charge is -2.09. The Morgan fingerprint density at radius 2 is 2.06 bits per heavy atom. The van der Waals surface area contributed by atoms with Crippen molar-refractivity contribution in [2.45, 2.75) is 6.92 Å². The highest BCUT2D eigenvalue weighted by atomic mass is 32.1. The highest BCUT2D eigenvalue weighted by Gasteiger charge is 2.15. The van der Waals surface area contributed by atoms with Crippen molar-refractivity contribution in [3.8, 4) is 0 Å². The zero-order valence-corrected chi connectivity index (χ0v) is 10.5. The molecule has 1 aromatic carbocycles. The molecule has 0 atom stereocenters. The summed E-state index contributed by atoms with van der Waals surface area (Å²) in [4.78, 5) is 10.9. The van der Waals surface area contributed by atoms with Crippen LogP contribution >= 0.6 is 12.2 Å². The maximum Gasteiger partial charge on any atom is 0.239 e. The van der Waals surface area contributed by atoms with E-state index in [9.17, 15) is 13.6 Å². The molecule has 0 saturated carbocycles. The number of hydrogen-bond acceptors (Lipinski definition) is 3. The minimum Gasteiger partial charge on any atom is -0.389 e. The van der Waals surface area contributed by atoms with E-state index in [-0.39, 0.29) is 28.7 Å². The first-order valence-electron chi connectivity index (χ1n) is 5.25. The number of nitrogens with one attached hydrogen (secondary N) is 2. The molecule has 1 rings (SSSR count). The second-order valence-corrected chi connectivity index (χ2v) is 3.90. The van der Waals surface area contributed by atoms with Crippen molar-refractivity contribution >= 4 is 28.8 Å². The van der Waals surface area contributed by atoms with E-state index in [0.717, 1.165) is 0 Å². The molecule has 0 radical (unpaired) electrons. The van der Waals surface area contributed by atoms with Crippen LogP contribution in [0.3, 0.4) is 0 Å². The Morgan fingerprint density at radius 1 is 1.39 bits per heavy atom. The molecule has 4 nitrogen and oxygen atoms in total. The van der Waals surface area contributed by atoms with E-state index in [1.165, 1.54) is 12.1 Å². The first-order chi connectivity index (χ1) is 8.47. The van der Waals surface area contributed by atoms with Gasteiger partial charge in [0.2, 0.25) is 5.91 Å². The smallest absolute Gasteiger partial charge is 0.239 e. The fourth-order valence-corrected chi connectivity index (χ4v) is 1.47. The number of carbonyl (C=O) groups is 1. The number of rotatable bonds is 5. The lowest BCUT2D eigenvalue weighted by atomic mass is 10.2. The minimum atomic E-state index is -1.12.